The summed E-state index contributed by atoms with van der Waals surface area (Å²) in [6, 6.07) is 0. The zero-order chi connectivity index (χ0) is 8.65. The Morgan fingerprint density at radius 2 is 1.40 bits per heavy atom. The summed E-state index contributed by atoms with van der Waals surface area (Å²) < 4.78 is 5.19. The molecule has 0 aromatic heterocycles. The van der Waals surface area contributed by atoms with Crippen molar-refractivity contribution in [2.75, 3.05) is 13.3 Å². The van der Waals surface area contributed by atoms with E-state index in [0.29, 0.717) is 0 Å². The van der Waals surface area contributed by atoms with Crippen LogP contribution in [0, 0.1) is 0 Å². The minimum absolute atomic E-state index is 1.36. The van der Waals surface area contributed by atoms with Gasteiger partial charge in [-0.3, -0.25) is 0 Å². The maximum absolute atomic E-state index is 9.32. The summed E-state index contributed by atoms with van der Waals surface area (Å²) in [5.74, 6) is 0. The zero-order valence-corrected chi connectivity index (χ0v) is 9.14. The van der Waals surface area contributed by atoms with Crippen molar-refractivity contribution >= 4 is 15.6 Å². The summed E-state index contributed by atoms with van der Waals surface area (Å²) in [5.41, 5.74) is 0. The van der Waals surface area contributed by atoms with E-state index in [0.717, 1.165) is 0 Å². The molecule has 10 heavy (non-hydrogen) atoms. The monoisotopic (exact) mass is 184 g/mol. The van der Waals surface area contributed by atoms with Gasteiger partial charge in [-0.25, -0.2) is 0 Å². The zero-order valence-electron chi connectivity index (χ0n) is 7.25. The SMILES string of the molecule is C[Si](C)(C)OP(C)(C)(O)O. The molecule has 0 saturated carbocycles. The van der Waals surface area contributed by atoms with Gasteiger partial charge in [0.1, 0.15) is 0 Å². The van der Waals surface area contributed by atoms with Crippen LogP contribution in [0.4, 0.5) is 0 Å². The molecule has 0 unspecified atom stereocenters. The van der Waals surface area contributed by atoms with Gasteiger partial charge < -0.3 is 0 Å². The Morgan fingerprint density at radius 3 is 1.40 bits per heavy atom. The van der Waals surface area contributed by atoms with E-state index in [1.165, 1.54) is 13.3 Å². The Morgan fingerprint density at radius 1 is 1.10 bits per heavy atom. The Balaban J connectivity index is 4.18. The molecule has 0 aromatic rings. The van der Waals surface area contributed by atoms with Crippen LogP contribution in [0.25, 0.3) is 0 Å². The van der Waals surface area contributed by atoms with Crippen LogP contribution in [0.15, 0.2) is 0 Å². The van der Waals surface area contributed by atoms with Crippen molar-refractivity contribution in [3.05, 3.63) is 0 Å². The Bertz CT molecular complexity index is 123. The maximum atomic E-state index is 9.32. The van der Waals surface area contributed by atoms with Crippen LogP contribution in [-0.2, 0) is 4.21 Å². The molecule has 0 spiro atoms. The fourth-order valence-electron chi connectivity index (χ4n) is 0.793. The van der Waals surface area contributed by atoms with Crippen molar-refractivity contribution in [3.63, 3.8) is 0 Å². The summed E-state index contributed by atoms with van der Waals surface area (Å²) >= 11 is 0. The topological polar surface area (TPSA) is 49.7 Å². The quantitative estimate of drug-likeness (QED) is 0.503. The van der Waals surface area contributed by atoms with Crippen molar-refractivity contribution in [1.29, 1.82) is 0 Å². The van der Waals surface area contributed by atoms with Crippen molar-refractivity contribution in [2.45, 2.75) is 19.6 Å². The molecule has 0 aliphatic heterocycles. The molecule has 0 aliphatic carbocycles. The van der Waals surface area contributed by atoms with Gasteiger partial charge in [0, 0.05) is 0 Å². The van der Waals surface area contributed by atoms with Crippen molar-refractivity contribution < 1.29 is 14.0 Å². The van der Waals surface area contributed by atoms with E-state index in [4.69, 9.17) is 4.21 Å². The van der Waals surface area contributed by atoms with Gasteiger partial charge in [0.05, 0.1) is 0 Å². The first kappa shape index (κ1) is 10.5. The predicted molar refractivity (Wildman–Crippen MR) is 47.6 cm³/mol. The van der Waals surface area contributed by atoms with Crippen molar-refractivity contribution in [1.82, 2.24) is 0 Å². The second-order valence-corrected chi connectivity index (χ2v) is 12.8. The average molecular weight is 184 g/mol. The molecular formula is C5H17O3PSi. The van der Waals surface area contributed by atoms with Crippen LogP contribution in [0.1, 0.15) is 0 Å². The van der Waals surface area contributed by atoms with E-state index in [9.17, 15) is 9.79 Å². The third kappa shape index (κ3) is 8.53. The summed E-state index contributed by atoms with van der Waals surface area (Å²) in [6.07, 6.45) is 0. The molecule has 0 aromatic carbocycles. The molecule has 0 bridgehead atoms. The van der Waals surface area contributed by atoms with Crippen LogP contribution < -0.4 is 0 Å². The summed E-state index contributed by atoms with van der Waals surface area (Å²) in [7, 11) is -5.49. The fraction of sp³-hybridized carbons (Fsp3) is 1.00. The van der Waals surface area contributed by atoms with E-state index in [1.54, 1.807) is 0 Å². The molecule has 5 heteroatoms. The first-order valence-corrected chi connectivity index (χ1v) is 9.54. The minimum atomic E-state index is -3.68. The Hall–Kier alpha value is 0.527. The number of rotatable bonds is 2. The number of hydrogen-bond donors (Lipinski definition) is 2. The first-order chi connectivity index (χ1) is 3.96. The third-order valence-electron chi connectivity index (χ3n) is 0.538. The standard InChI is InChI=1S/C5H17O3PSi/c1-9(2,6,7)8-10(3,4)5/h6-7H,1-5H3. The Kier molecular flexibility index (Phi) is 2.37. The third-order valence-corrected chi connectivity index (χ3v) is 4.84. The van der Waals surface area contributed by atoms with Crippen molar-refractivity contribution in [3.8, 4) is 0 Å². The van der Waals surface area contributed by atoms with Crippen LogP contribution in [-0.4, -0.2) is 31.4 Å². The molecule has 0 saturated heterocycles. The van der Waals surface area contributed by atoms with Gasteiger partial charge in [-0.15, -0.1) is 0 Å². The molecular weight excluding hydrogens is 167 g/mol. The summed E-state index contributed by atoms with van der Waals surface area (Å²) in [5, 5.41) is 0. The van der Waals surface area contributed by atoms with E-state index in [1.807, 2.05) is 19.6 Å². The summed E-state index contributed by atoms with van der Waals surface area (Å²) in [6.45, 7) is 8.50. The molecule has 0 heterocycles. The molecule has 3 nitrogen and oxygen atoms in total. The van der Waals surface area contributed by atoms with E-state index in [-0.39, 0.29) is 0 Å². The Labute approximate surface area is 63.3 Å². The van der Waals surface area contributed by atoms with Gasteiger partial charge in [0.15, 0.2) is 0 Å². The van der Waals surface area contributed by atoms with Gasteiger partial charge in [-0.1, -0.05) is 0 Å². The molecule has 0 atom stereocenters. The van der Waals surface area contributed by atoms with Crippen molar-refractivity contribution in [2.24, 2.45) is 0 Å². The van der Waals surface area contributed by atoms with Gasteiger partial charge in [0.25, 0.3) is 0 Å². The van der Waals surface area contributed by atoms with E-state index < -0.39 is 15.6 Å². The molecule has 0 rings (SSSR count). The fourth-order valence-corrected chi connectivity index (χ4v) is 7.13. The molecule has 64 valence electrons. The second kappa shape index (κ2) is 2.25. The normalized spacial score (nSPS) is 18.1. The number of hydrogen-bond acceptors (Lipinski definition) is 3. The second-order valence-electron chi connectivity index (χ2n) is 4.07. The van der Waals surface area contributed by atoms with Crippen LogP contribution in [0.5, 0.6) is 0 Å². The predicted octanol–water partition coefficient (Wildman–Crippen LogP) is 1.38. The molecule has 2 N–H and O–H groups in total. The first-order valence-electron chi connectivity index (χ1n) is 3.18. The molecule has 0 radical (unpaired) electrons. The van der Waals surface area contributed by atoms with E-state index in [2.05, 4.69) is 0 Å². The van der Waals surface area contributed by atoms with Gasteiger partial charge in [-0.2, -0.15) is 0 Å². The van der Waals surface area contributed by atoms with Gasteiger partial charge >= 0.3 is 62.6 Å². The van der Waals surface area contributed by atoms with Crippen LogP contribution >= 0.6 is 7.28 Å². The van der Waals surface area contributed by atoms with Gasteiger partial charge in [0.2, 0.25) is 0 Å². The molecule has 0 amide bonds. The average Bonchev–Trinajstić information content (AvgIpc) is 1.09. The molecule has 0 fully saturated rings. The molecule has 0 aliphatic rings. The summed E-state index contributed by atoms with van der Waals surface area (Å²) in [4.78, 5) is 18.6. The van der Waals surface area contributed by atoms with E-state index >= 15 is 0 Å². The van der Waals surface area contributed by atoms with Crippen LogP contribution in [0.3, 0.4) is 0 Å². The van der Waals surface area contributed by atoms with Crippen LogP contribution in [0.2, 0.25) is 19.6 Å². The van der Waals surface area contributed by atoms with Gasteiger partial charge in [-0.05, 0) is 0 Å².